The zero-order valence-corrected chi connectivity index (χ0v) is 12.6. The van der Waals surface area contributed by atoms with Gasteiger partial charge in [-0.25, -0.2) is 4.98 Å². The van der Waals surface area contributed by atoms with Crippen molar-refractivity contribution in [1.29, 1.82) is 0 Å². The van der Waals surface area contributed by atoms with Crippen molar-refractivity contribution < 1.29 is 0 Å². The zero-order chi connectivity index (χ0) is 12.7. The predicted octanol–water partition coefficient (Wildman–Crippen LogP) is 2.75. The number of hydrogen-bond donors (Lipinski definition) is 0. The number of aromatic nitrogens is 1. The lowest BCUT2D eigenvalue weighted by molar-refractivity contribution is 0.400. The fourth-order valence-corrected chi connectivity index (χ4v) is 2.03. The van der Waals surface area contributed by atoms with Gasteiger partial charge in [0.1, 0.15) is 5.82 Å². The molecule has 0 radical (unpaired) electrons. The number of halogens is 1. The van der Waals surface area contributed by atoms with Gasteiger partial charge in [0.15, 0.2) is 0 Å². The third-order valence-electron chi connectivity index (χ3n) is 2.70. The third kappa shape index (κ3) is 5.04. The van der Waals surface area contributed by atoms with Crippen LogP contribution in [-0.4, -0.2) is 43.6 Å². The minimum absolute atomic E-state index is 0.868. The SMILES string of the molecule is CCN(CCCN(C)C)c1ccc(CBr)cn1. The Kier molecular flexibility index (Phi) is 6.52. The molecular formula is C13H22BrN3. The molecule has 0 unspecified atom stereocenters. The van der Waals surface area contributed by atoms with Crippen molar-refractivity contribution in [2.75, 3.05) is 38.6 Å². The van der Waals surface area contributed by atoms with Crippen LogP contribution in [-0.2, 0) is 5.33 Å². The van der Waals surface area contributed by atoms with Gasteiger partial charge in [0, 0.05) is 24.6 Å². The normalized spacial score (nSPS) is 10.9. The summed E-state index contributed by atoms with van der Waals surface area (Å²) in [6.07, 6.45) is 3.11. The van der Waals surface area contributed by atoms with Crippen molar-refractivity contribution in [3.8, 4) is 0 Å². The quantitative estimate of drug-likeness (QED) is 0.722. The van der Waals surface area contributed by atoms with E-state index in [1.807, 2.05) is 6.20 Å². The molecule has 1 heterocycles. The Bertz CT molecular complexity index is 311. The van der Waals surface area contributed by atoms with Crippen molar-refractivity contribution >= 4 is 21.7 Å². The molecule has 0 atom stereocenters. The number of anilines is 1. The fraction of sp³-hybridized carbons (Fsp3) is 0.615. The van der Waals surface area contributed by atoms with Crippen LogP contribution in [0, 0.1) is 0 Å². The van der Waals surface area contributed by atoms with Gasteiger partial charge in [-0.05, 0) is 45.6 Å². The van der Waals surface area contributed by atoms with Gasteiger partial charge in [-0.2, -0.15) is 0 Å². The second kappa shape index (κ2) is 7.67. The Morgan fingerprint density at radius 1 is 1.24 bits per heavy atom. The zero-order valence-electron chi connectivity index (χ0n) is 11.0. The van der Waals surface area contributed by atoms with Crippen LogP contribution in [0.2, 0.25) is 0 Å². The minimum atomic E-state index is 0.868. The number of pyridine rings is 1. The van der Waals surface area contributed by atoms with Crippen LogP contribution in [0.5, 0.6) is 0 Å². The summed E-state index contributed by atoms with van der Waals surface area (Å²) in [7, 11) is 4.22. The third-order valence-corrected chi connectivity index (χ3v) is 3.35. The lowest BCUT2D eigenvalue weighted by Gasteiger charge is -2.22. The van der Waals surface area contributed by atoms with Gasteiger partial charge in [0.25, 0.3) is 0 Å². The van der Waals surface area contributed by atoms with Crippen LogP contribution in [0.15, 0.2) is 18.3 Å². The lowest BCUT2D eigenvalue weighted by atomic mass is 10.3. The molecule has 96 valence electrons. The average molecular weight is 300 g/mol. The molecule has 0 aliphatic rings. The molecule has 0 saturated carbocycles. The molecule has 0 spiro atoms. The smallest absolute Gasteiger partial charge is 0.128 e. The van der Waals surface area contributed by atoms with Gasteiger partial charge in [-0.15, -0.1) is 0 Å². The highest BCUT2D eigenvalue weighted by Gasteiger charge is 2.05. The Morgan fingerprint density at radius 3 is 2.47 bits per heavy atom. The van der Waals surface area contributed by atoms with Crippen LogP contribution in [0.25, 0.3) is 0 Å². The number of nitrogens with zero attached hydrogens (tertiary/aromatic N) is 3. The molecule has 0 aliphatic heterocycles. The van der Waals surface area contributed by atoms with Crippen LogP contribution < -0.4 is 4.90 Å². The van der Waals surface area contributed by atoms with Crippen molar-refractivity contribution in [2.24, 2.45) is 0 Å². The molecule has 0 amide bonds. The van der Waals surface area contributed by atoms with Crippen LogP contribution in [0.3, 0.4) is 0 Å². The molecule has 0 saturated heterocycles. The molecule has 0 aliphatic carbocycles. The summed E-state index contributed by atoms with van der Waals surface area (Å²) in [6, 6.07) is 4.24. The molecule has 0 fully saturated rings. The molecule has 1 rings (SSSR count). The Labute approximate surface area is 113 Å². The van der Waals surface area contributed by atoms with E-state index in [2.05, 4.69) is 63.9 Å². The summed E-state index contributed by atoms with van der Waals surface area (Å²) in [5.41, 5.74) is 1.22. The van der Waals surface area contributed by atoms with E-state index in [0.717, 1.165) is 30.8 Å². The summed E-state index contributed by atoms with van der Waals surface area (Å²) in [4.78, 5) is 9.04. The first-order chi connectivity index (χ1) is 8.17. The molecule has 0 bridgehead atoms. The highest BCUT2D eigenvalue weighted by atomic mass is 79.9. The maximum atomic E-state index is 4.50. The van der Waals surface area contributed by atoms with E-state index < -0.39 is 0 Å². The van der Waals surface area contributed by atoms with E-state index in [0.29, 0.717) is 0 Å². The second-order valence-corrected chi connectivity index (χ2v) is 4.96. The number of hydrogen-bond acceptors (Lipinski definition) is 3. The van der Waals surface area contributed by atoms with Crippen LogP contribution >= 0.6 is 15.9 Å². The van der Waals surface area contributed by atoms with Crippen LogP contribution in [0.1, 0.15) is 18.9 Å². The molecule has 0 N–H and O–H groups in total. The van der Waals surface area contributed by atoms with E-state index in [1.54, 1.807) is 0 Å². The van der Waals surface area contributed by atoms with E-state index in [9.17, 15) is 0 Å². The van der Waals surface area contributed by atoms with E-state index in [4.69, 9.17) is 0 Å². The summed E-state index contributed by atoms with van der Waals surface area (Å²) in [6.45, 7) is 5.37. The van der Waals surface area contributed by atoms with E-state index in [-0.39, 0.29) is 0 Å². The molecular weight excluding hydrogens is 278 g/mol. The predicted molar refractivity (Wildman–Crippen MR) is 77.9 cm³/mol. The topological polar surface area (TPSA) is 19.4 Å². The second-order valence-electron chi connectivity index (χ2n) is 4.39. The summed E-state index contributed by atoms with van der Waals surface area (Å²) < 4.78 is 0. The molecule has 4 heteroatoms. The summed E-state index contributed by atoms with van der Waals surface area (Å²) >= 11 is 3.43. The van der Waals surface area contributed by atoms with Crippen molar-refractivity contribution in [3.05, 3.63) is 23.9 Å². The Hall–Kier alpha value is -0.610. The maximum Gasteiger partial charge on any atom is 0.128 e. The minimum Gasteiger partial charge on any atom is -0.357 e. The van der Waals surface area contributed by atoms with Gasteiger partial charge in [-0.1, -0.05) is 22.0 Å². The van der Waals surface area contributed by atoms with Crippen molar-refractivity contribution in [3.63, 3.8) is 0 Å². The highest BCUT2D eigenvalue weighted by molar-refractivity contribution is 9.08. The maximum absolute atomic E-state index is 4.50. The molecule has 1 aromatic rings. The van der Waals surface area contributed by atoms with Gasteiger partial charge < -0.3 is 9.80 Å². The molecule has 17 heavy (non-hydrogen) atoms. The Morgan fingerprint density at radius 2 is 2.00 bits per heavy atom. The summed E-state index contributed by atoms with van der Waals surface area (Å²) in [5, 5.41) is 0.868. The lowest BCUT2D eigenvalue weighted by Crippen LogP contribution is -2.27. The van der Waals surface area contributed by atoms with Gasteiger partial charge >= 0.3 is 0 Å². The van der Waals surface area contributed by atoms with Gasteiger partial charge in [0.05, 0.1) is 0 Å². The van der Waals surface area contributed by atoms with Crippen molar-refractivity contribution in [1.82, 2.24) is 9.88 Å². The largest absolute Gasteiger partial charge is 0.357 e. The van der Waals surface area contributed by atoms with Gasteiger partial charge in [-0.3, -0.25) is 0 Å². The number of rotatable bonds is 7. The monoisotopic (exact) mass is 299 g/mol. The average Bonchev–Trinajstić information content (AvgIpc) is 2.34. The van der Waals surface area contributed by atoms with E-state index in [1.165, 1.54) is 12.0 Å². The molecule has 0 aromatic carbocycles. The van der Waals surface area contributed by atoms with Crippen LogP contribution in [0.4, 0.5) is 5.82 Å². The van der Waals surface area contributed by atoms with E-state index >= 15 is 0 Å². The van der Waals surface area contributed by atoms with Crippen molar-refractivity contribution in [2.45, 2.75) is 18.7 Å². The first-order valence-corrected chi connectivity index (χ1v) is 7.20. The Balaban J connectivity index is 2.53. The molecule has 1 aromatic heterocycles. The molecule has 3 nitrogen and oxygen atoms in total. The fourth-order valence-electron chi connectivity index (χ4n) is 1.70. The number of alkyl halides is 1. The summed E-state index contributed by atoms with van der Waals surface area (Å²) in [5.74, 6) is 1.08. The van der Waals surface area contributed by atoms with Gasteiger partial charge in [0.2, 0.25) is 0 Å². The highest BCUT2D eigenvalue weighted by Crippen LogP contribution is 2.13. The first kappa shape index (κ1) is 14.5. The standard InChI is InChI=1S/C13H22BrN3/c1-4-17(9-5-8-16(2)3)13-7-6-12(10-14)11-15-13/h6-7,11H,4-5,8-10H2,1-3H3. The first-order valence-electron chi connectivity index (χ1n) is 6.08.